The molecule has 2 saturated heterocycles. The molecule has 3 rings (SSSR count). The fourth-order valence-corrected chi connectivity index (χ4v) is 4.05. The van der Waals surface area contributed by atoms with Crippen LogP contribution >= 0.6 is 0 Å². The van der Waals surface area contributed by atoms with Gasteiger partial charge in [-0.2, -0.15) is 0 Å². The van der Waals surface area contributed by atoms with Crippen LogP contribution in [0, 0.1) is 11.8 Å². The van der Waals surface area contributed by atoms with E-state index in [1.807, 2.05) is 4.90 Å². The molecule has 0 radical (unpaired) electrons. The molecule has 2 amide bonds. The number of hydrogen-bond donors (Lipinski definition) is 1. The molecule has 1 aliphatic carbocycles. The van der Waals surface area contributed by atoms with Crippen LogP contribution in [0.15, 0.2) is 0 Å². The summed E-state index contributed by atoms with van der Waals surface area (Å²) in [5, 5.41) is 10.2. The minimum Gasteiger partial charge on any atom is -0.390 e. The molecule has 1 N–H and O–H groups in total. The first kappa shape index (κ1) is 16.7. The van der Waals surface area contributed by atoms with Crippen LogP contribution < -0.4 is 0 Å². The van der Waals surface area contributed by atoms with Crippen molar-refractivity contribution in [3.63, 3.8) is 0 Å². The van der Waals surface area contributed by atoms with Gasteiger partial charge in [-0.15, -0.1) is 0 Å². The SMILES string of the molecule is COCC(=O)N1CCCC(C(=O)N2CCC(C3(O)CC3)CC2)C1. The second-order valence-corrected chi connectivity index (χ2v) is 7.32. The molecular formula is C17H28N2O4. The molecule has 2 aliphatic heterocycles. The summed E-state index contributed by atoms with van der Waals surface area (Å²) in [7, 11) is 1.52. The summed E-state index contributed by atoms with van der Waals surface area (Å²) >= 11 is 0. The van der Waals surface area contributed by atoms with Crippen LogP contribution in [0.4, 0.5) is 0 Å². The summed E-state index contributed by atoms with van der Waals surface area (Å²) in [5.41, 5.74) is -0.427. The first-order chi connectivity index (χ1) is 11.0. The molecule has 23 heavy (non-hydrogen) atoms. The average molecular weight is 324 g/mol. The third-order valence-electron chi connectivity index (χ3n) is 5.72. The highest BCUT2D eigenvalue weighted by atomic mass is 16.5. The number of ether oxygens (including phenoxy) is 1. The minimum absolute atomic E-state index is 0.0281. The Morgan fingerprint density at radius 3 is 2.43 bits per heavy atom. The van der Waals surface area contributed by atoms with Gasteiger partial charge in [-0.3, -0.25) is 9.59 Å². The van der Waals surface area contributed by atoms with Gasteiger partial charge >= 0.3 is 0 Å². The molecule has 0 aromatic heterocycles. The summed E-state index contributed by atoms with van der Waals surface area (Å²) in [6.45, 7) is 2.82. The van der Waals surface area contributed by atoms with Crippen molar-refractivity contribution in [3.05, 3.63) is 0 Å². The maximum atomic E-state index is 12.7. The molecule has 1 atom stereocenters. The zero-order valence-electron chi connectivity index (χ0n) is 14.0. The second-order valence-electron chi connectivity index (χ2n) is 7.32. The van der Waals surface area contributed by atoms with E-state index >= 15 is 0 Å². The van der Waals surface area contributed by atoms with E-state index in [-0.39, 0.29) is 24.3 Å². The number of nitrogens with zero attached hydrogens (tertiary/aromatic N) is 2. The Hall–Kier alpha value is -1.14. The first-order valence-corrected chi connectivity index (χ1v) is 8.81. The van der Waals surface area contributed by atoms with Crippen LogP contribution in [0.1, 0.15) is 38.5 Å². The zero-order chi connectivity index (χ0) is 16.4. The topological polar surface area (TPSA) is 70.1 Å². The molecule has 0 spiro atoms. The van der Waals surface area contributed by atoms with Crippen LogP contribution in [-0.4, -0.2) is 72.2 Å². The van der Waals surface area contributed by atoms with E-state index in [1.54, 1.807) is 4.90 Å². The van der Waals surface area contributed by atoms with Gasteiger partial charge in [0.05, 0.1) is 11.5 Å². The van der Waals surface area contributed by atoms with E-state index < -0.39 is 5.60 Å². The van der Waals surface area contributed by atoms with Gasteiger partial charge in [-0.05, 0) is 44.4 Å². The molecular weight excluding hydrogens is 296 g/mol. The van der Waals surface area contributed by atoms with Gasteiger partial charge in [0.25, 0.3) is 0 Å². The quantitative estimate of drug-likeness (QED) is 0.824. The molecule has 0 bridgehead atoms. The van der Waals surface area contributed by atoms with Crippen molar-refractivity contribution in [3.8, 4) is 0 Å². The largest absolute Gasteiger partial charge is 0.390 e. The summed E-state index contributed by atoms with van der Waals surface area (Å²) < 4.78 is 4.91. The van der Waals surface area contributed by atoms with E-state index in [1.165, 1.54) is 7.11 Å². The van der Waals surface area contributed by atoms with Crippen molar-refractivity contribution in [1.82, 2.24) is 9.80 Å². The number of piperidine rings is 2. The average Bonchev–Trinajstić information content (AvgIpc) is 3.33. The molecule has 2 heterocycles. The maximum absolute atomic E-state index is 12.7. The number of amides is 2. The van der Waals surface area contributed by atoms with Crippen LogP contribution in [-0.2, 0) is 14.3 Å². The Kier molecular flexibility index (Phi) is 4.92. The highest BCUT2D eigenvalue weighted by Gasteiger charge is 2.48. The molecule has 0 aromatic rings. The molecule has 1 saturated carbocycles. The molecule has 1 unspecified atom stereocenters. The van der Waals surface area contributed by atoms with Crippen LogP contribution in [0.5, 0.6) is 0 Å². The smallest absolute Gasteiger partial charge is 0.248 e. The van der Waals surface area contributed by atoms with E-state index in [4.69, 9.17) is 4.74 Å². The lowest BCUT2D eigenvalue weighted by atomic mass is 9.88. The Morgan fingerprint density at radius 2 is 1.83 bits per heavy atom. The van der Waals surface area contributed by atoms with Crippen molar-refractivity contribution in [2.75, 3.05) is 39.9 Å². The number of methoxy groups -OCH3 is 1. The van der Waals surface area contributed by atoms with Crippen molar-refractivity contribution >= 4 is 11.8 Å². The van der Waals surface area contributed by atoms with Crippen molar-refractivity contribution in [1.29, 1.82) is 0 Å². The summed E-state index contributed by atoms with van der Waals surface area (Å²) in [6.07, 6.45) is 5.39. The normalized spacial score (nSPS) is 27.8. The highest BCUT2D eigenvalue weighted by molar-refractivity contribution is 5.82. The predicted molar refractivity (Wildman–Crippen MR) is 84.7 cm³/mol. The lowest BCUT2D eigenvalue weighted by Gasteiger charge is -2.38. The predicted octanol–water partition coefficient (Wildman–Crippen LogP) is 0.635. The highest BCUT2D eigenvalue weighted by Crippen LogP contribution is 2.46. The van der Waals surface area contributed by atoms with E-state index in [0.29, 0.717) is 12.5 Å². The monoisotopic (exact) mass is 324 g/mol. The summed E-state index contributed by atoms with van der Waals surface area (Å²) in [4.78, 5) is 28.4. The van der Waals surface area contributed by atoms with Gasteiger partial charge in [0.1, 0.15) is 6.61 Å². The Bertz CT molecular complexity index is 456. The van der Waals surface area contributed by atoms with Gasteiger partial charge < -0.3 is 19.6 Å². The molecule has 0 aromatic carbocycles. The van der Waals surface area contributed by atoms with Crippen molar-refractivity contribution in [2.45, 2.75) is 44.1 Å². The minimum atomic E-state index is -0.427. The first-order valence-electron chi connectivity index (χ1n) is 8.81. The van der Waals surface area contributed by atoms with Crippen LogP contribution in [0.25, 0.3) is 0 Å². The third-order valence-corrected chi connectivity index (χ3v) is 5.72. The standard InChI is InChI=1S/C17H28N2O4/c1-23-12-15(20)19-8-2-3-13(11-19)16(21)18-9-4-14(5-10-18)17(22)6-7-17/h13-14,22H,2-12H2,1H3. The molecule has 3 aliphatic rings. The molecule has 6 heteroatoms. The zero-order valence-corrected chi connectivity index (χ0v) is 14.0. The van der Waals surface area contributed by atoms with Gasteiger partial charge in [0, 0.05) is 33.3 Å². The van der Waals surface area contributed by atoms with E-state index in [9.17, 15) is 14.7 Å². The molecule has 3 fully saturated rings. The van der Waals surface area contributed by atoms with E-state index in [2.05, 4.69) is 0 Å². The lowest BCUT2D eigenvalue weighted by Crippen LogP contribution is -2.50. The Balaban J connectivity index is 1.50. The summed E-state index contributed by atoms with van der Waals surface area (Å²) in [5.74, 6) is 0.434. The lowest BCUT2D eigenvalue weighted by molar-refractivity contribution is -0.144. The van der Waals surface area contributed by atoms with Gasteiger partial charge in [0.15, 0.2) is 0 Å². The number of hydrogen-bond acceptors (Lipinski definition) is 4. The van der Waals surface area contributed by atoms with Gasteiger partial charge in [-0.1, -0.05) is 0 Å². The van der Waals surface area contributed by atoms with E-state index in [0.717, 1.165) is 58.2 Å². The Morgan fingerprint density at radius 1 is 1.13 bits per heavy atom. The Labute approximate surface area is 137 Å². The fourth-order valence-electron chi connectivity index (χ4n) is 4.05. The number of carbonyl (C=O) groups excluding carboxylic acids is 2. The van der Waals surface area contributed by atoms with Gasteiger partial charge in [-0.25, -0.2) is 0 Å². The number of likely N-dealkylation sites (tertiary alicyclic amines) is 2. The van der Waals surface area contributed by atoms with Gasteiger partial charge in [0.2, 0.25) is 11.8 Å². The van der Waals surface area contributed by atoms with Crippen LogP contribution in [0.3, 0.4) is 0 Å². The third kappa shape index (κ3) is 3.69. The molecule has 6 nitrogen and oxygen atoms in total. The second kappa shape index (κ2) is 6.77. The number of rotatable bonds is 4. The number of aliphatic hydroxyl groups is 1. The summed E-state index contributed by atoms with van der Waals surface area (Å²) in [6, 6.07) is 0. The van der Waals surface area contributed by atoms with Crippen molar-refractivity contribution in [2.24, 2.45) is 11.8 Å². The van der Waals surface area contributed by atoms with Crippen LogP contribution in [0.2, 0.25) is 0 Å². The number of carbonyl (C=O) groups is 2. The molecule has 130 valence electrons. The maximum Gasteiger partial charge on any atom is 0.248 e. The fraction of sp³-hybridized carbons (Fsp3) is 0.882. The van der Waals surface area contributed by atoms with Crippen molar-refractivity contribution < 1.29 is 19.4 Å².